The molecule has 0 aliphatic heterocycles. The molecule has 0 saturated heterocycles. The summed E-state index contributed by atoms with van der Waals surface area (Å²) >= 11 is 0. The third-order valence-electron chi connectivity index (χ3n) is 3.92. The van der Waals surface area contributed by atoms with Crippen LogP contribution in [-0.2, 0) is 14.8 Å². The van der Waals surface area contributed by atoms with Gasteiger partial charge in [-0.15, -0.1) is 0 Å². The Balaban J connectivity index is 2.22. The van der Waals surface area contributed by atoms with E-state index in [1.165, 1.54) is 29.2 Å². The van der Waals surface area contributed by atoms with Gasteiger partial charge in [-0.2, -0.15) is 0 Å². The quantitative estimate of drug-likeness (QED) is 0.820. The second-order valence-corrected chi connectivity index (χ2v) is 8.29. The first-order valence-electron chi connectivity index (χ1n) is 8.24. The Bertz CT molecular complexity index is 938. The molecule has 2 amide bonds. The zero-order chi connectivity index (χ0) is 20.2. The number of hydrogen-bond acceptors (Lipinski definition) is 4. The van der Waals surface area contributed by atoms with Gasteiger partial charge in [0, 0.05) is 25.3 Å². The van der Waals surface area contributed by atoms with Crippen LogP contribution in [-0.4, -0.2) is 52.0 Å². The Morgan fingerprint density at radius 2 is 1.59 bits per heavy atom. The number of anilines is 2. The van der Waals surface area contributed by atoms with Gasteiger partial charge in [0.25, 0.3) is 5.91 Å². The van der Waals surface area contributed by atoms with Crippen LogP contribution in [0.25, 0.3) is 0 Å². The van der Waals surface area contributed by atoms with E-state index in [1.807, 2.05) is 19.1 Å². The number of para-hydroxylation sites is 1. The molecular weight excluding hydrogens is 366 g/mol. The van der Waals surface area contributed by atoms with Gasteiger partial charge >= 0.3 is 0 Å². The lowest BCUT2D eigenvalue weighted by atomic mass is 10.2. The highest BCUT2D eigenvalue weighted by molar-refractivity contribution is 7.92. The first-order valence-corrected chi connectivity index (χ1v) is 10.1. The van der Waals surface area contributed by atoms with E-state index in [9.17, 15) is 18.0 Å². The molecule has 0 aliphatic carbocycles. The number of carbonyl (C=O) groups is 2. The van der Waals surface area contributed by atoms with Gasteiger partial charge < -0.3 is 10.2 Å². The molecule has 0 saturated carbocycles. The van der Waals surface area contributed by atoms with E-state index in [0.717, 1.165) is 16.1 Å². The second-order valence-electron chi connectivity index (χ2n) is 6.38. The first kappa shape index (κ1) is 20.4. The molecule has 27 heavy (non-hydrogen) atoms. The highest BCUT2D eigenvalue weighted by Gasteiger charge is 2.21. The zero-order valence-corrected chi connectivity index (χ0v) is 16.6. The van der Waals surface area contributed by atoms with Crippen LogP contribution < -0.4 is 9.62 Å². The number of aryl methyl sites for hydroxylation is 1. The van der Waals surface area contributed by atoms with E-state index in [0.29, 0.717) is 16.9 Å². The maximum absolute atomic E-state index is 12.4. The molecule has 0 spiro atoms. The van der Waals surface area contributed by atoms with Crippen LogP contribution in [0.1, 0.15) is 15.9 Å². The largest absolute Gasteiger partial charge is 0.345 e. The fourth-order valence-electron chi connectivity index (χ4n) is 2.46. The van der Waals surface area contributed by atoms with Crippen molar-refractivity contribution in [3.05, 3.63) is 59.7 Å². The molecule has 2 aromatic rings. The summed E-state index contributed by atoms with van der Waals surface area (Å²) in [4.78, 5) is 25.8. The molecule has 144 valence electrons. The first-order chi connectivity index (χ1) is 12.6. The molecule has 2 aromatic carbocycles. The third kappa shape index (κ3) is 5.30. The smallest absolute Gasteiger partial charge is 0.253 e. The fourth-order valence-corrected chi connectivity index (χ4v) is 3.32. The van der Waals surface area contributed by atoms with Crippen LogP contribution in [0, 0.1) is 6.92 Å². The monoisotopic (exact) mass is 389 g/mol. The van der Waals surface area contributed by atoms with Crippen molar-refractivity contribution in [2.45, 2.75) is 6.92 Å². The van der Waals surface area contributed by atoms with E-state index in [-0.39, 0.29) is 12.5 Å². The summed E-state index contributed by atoms with van der Waals surface area (Å²) in [6.45, 7) is 1.48. The summed E-state index contributed by atoms with van der Waals surface area (Å²) < 4.78 is 25.4. The van der Waals surface area contributed by atoms with E-state index in [1.54, 1.807) is 26.2 Å². The van der Waals surface area contributed by atoms with E-state index in [4.69, 9.17) is 0 Å². The molecule has 0 aromatic heterocycles. The topological polar surface area (TPSA) is 86.8 Å². The maximum atomic E-state index is 12.4. The van der Waals surface area contributed by atoms with Crippen molar-refractivity contribution in [1.29, 1.82) is 0 Å². The summed E-state index contributed by atoms with van der Waals surface area (Å²) in [6, 6.07) is 13.3. The third-order valence-corrected chi connectivity index (χ3v) is 5.06. The number of carbonyl (C=O) groups excluding carboxylic acids is 2. The van der Waals surface area contributed by atoms with Gasteiger partial charge in [0.15, 0.2) is 0 Å². The molecule has 0 aliphatic rings. The van der Waals surface area contributed by atoms with Crippen LogP contribution in [0.4, 0.5) is 11.4 Å². The second kappa shape index (κ2) is 8.22. The van der Waals surface area contributed by atoms with Crippen LogP contribution in [0.3, 0.4) is 0 Å². The average Bonchev–Trinajstić information content (AvgIpc) is 2.60. The molecule has 0 heterocycles. The maximum Gasteiger partial charge on any atom is 0.253 e. The summed E-state index contributed by atoms with van der Waals surface area (Å²) in [6.07, 6.45) is 1.03. The number of nitrogens with zero attached hydrogens (tertiary/aromatic N) is 2. The fraction of sp³-hybridized carbons (Fsp3) is 0.263. The van der Waals surface area contributed by atoms with Crippen LogP contribution in [0.2, 0.25) is 0 Å². The van der Waals surface area contributed by atoms with Crippen LogP contribution >= 0.6 is 0 Å². The highest BCUT2D eigenvalue weighted by atomic mass is 32.2. The molecular formula is C19H23N3O4S. The number of nitrogens with one attached hydrogen (secondary N) is 1. The predicted molar refractivity (Wildman–Crippen MR) is 106 cm³/mol. The minimum atomic E-state index is -3.69. The Morgan fingerprint density at radius 1 is 1.00 bits per heavy atom. The number of hydrogen-bond donors (Lipinski definition) is 1. The molecule has 8 heteroatoms. The van der Waals surface area contributed by atoms with Crippen LogP contribution in [0.5, 0.6) is 0 Å². The van der Waals surface area contributed by atoms with Crippen molar-refractivity contribution < 1.29 is 18.0 Å². The lowest BCUT2D eigenvalue weighted by Gasteiger charge is -2.22. The molecule has 0 atom stereocenters. The Morgan fingerprint density at radius 3 is 2.11 bits per heavy atom. The Kier molecular flexibility index (Phi) is 6.22. The molecule has 0 radical (unpaired) electrons. The van der Waals surface area contributed by atoms with Crippen molar-refractivity contribution in [3.63, 3.8) is 0 Å². The summed E-state index contributed by atoms with van der Waals surface area (Å²) in [5.41, 5.74) is 2.25. The minimum Gasteiger partial charge on any atom is -0.345 e. The lowest BCUT2D eigenvalue weighted by Crippen LogP contribution is -2.37. The SMILES string of the molecule is Cc1ccccc1NC(=O)CN(c1ccc(C(=O)N(C)C)cc1)S(C)(=O)=O. The Hall–Kier alpha value is -2.87. The lowest BCUT2D eigenvalue weighted by molar-refractivity contribution is -0.114. The van der Waals surface area contributed by atoms with Gasteiger partial charge in [-0.1, -0.05) is 18.2 Å². The average molecular weight is 389 g/mol. The molecule has 0 bridgehead atoms. The minimum absolute atomic E-state index is 0.190. The van der Waals surface area contributed by atoms with Crippen molar-refractivity contribution in [2.75, 3.05) is 36.5 Å². The van der Waals surface area contributed by atoms with Crippen molar-refractivity contribution in [3.8, 4) is 0 Å². The number of amides is 2. The summed E-state index contributed by atoms with van der Waals surface area (Å²) in [5.74, 6) is -0.645. The summed E-state index contributed by atoms with van der Waals surface area (Å²) in [7, 11) is -0.420. The van der Waals surface area contributed by atoms with Crippen molar-refractivity contribution >= 4 is 33.2 Å². The molecule has 0 fully saturated rings. The molecule has 1 N–H and O–H groups in total. The van der Waals surface area contributed by atoms with E-state index in [2.05, 4.69) is 5.32 Å². The van der Waals surface area contributed by atoms with E-state index >= 15 is 0 Å². The zero-order valence-electron chi connectivity index (χ0n) is 15.8. The van der Waals surface area contributed by atoms with Crippen LogP contribution in [0.15, 0.2) is 48.5 Å². The number of sulfonamides is 1. The van der Waals surface area contributed by atoms with Gasteiger partial charge in [-0.3, -0.25) is 13.9 Å². The molecule has 0 unspecified atom stereocenters. The molecule has 2 rings (SSSR count). The summed E-state index contributed by atoms with van der Waals surface area (Å²) in [5, 5.41) is 2.72. The predicted octanol–water partition coefficient (Wildman–Crippen LogP) is 2.10. The van der Waals surface area contributed by atoms with Gasteiger partial charge in [-0.05, 0) is 42.8 Å². The van der Waals surface area contributed by atoms with Gasteiger partial charge in [0.05, 0.1) is 11.9 Å². The Labute approximate surface area is 159 Å². The normalized spacial score (nSPS) is 11.0. The van der Waals surface area contributed by atoms with Gasteiger partial charge in [-0.25, -0.2) is 8.42 Å². The number of benzene rings is 2. The molecule has 7 nitrogen and oxygen atoms in total. The van der Waals surface area contributed by atoms with Crippen molar-refractivity contribution in [1.82, 2.24) is 4.90 Å². The highest BCUT2D eigenvalue weighted by Crippen LogP contribution is 2.20. The van der Waals surface area contributed by atoms with Gasteiger partial charge in [0.1, 0.15) is 6.54 Å². The van der Waals surface area contributed by atoms with E-state index < -0.39 is 15.9 Å². The van der Waals surface area contributed by atoms with Crippen molar-refractivity contribution in [2.24, 2.45) is 0 Å². The standard InChI is InChI=1S/C19H23N3O4S/c1-14-7-5-6-8-17(14)20-18(23)13-22(27(4,25)26)16-11-9-15(10-12-16)19(24)21(2)3/h5-12H,13H2,1-4H3,(H,20,23). The van der Waals surface area contributed by atoms with Gasteiger partial charge in [0.2, 0.25) is 15.9 Å². The number of rotatable bonds is 6.